The van der Waals surface area contributed by atoms with E-state index >= 15 is 0 Å². The van der Waals surface area contributed by atoms with E-state index in [1.807, 2.05) is 6.08 Å². The summed E-state index contributed by atoms with van der Waals surface area (Å²) in [6.07, 6.45) is 69.9. The number of esters is 1. The Bertz CT molecular complexity index is 1110. The minimum absolute atomic E-state index is 0.0269. The molecule has 2 unspecified atom stereocenters. The van der Waals surface area contributed by atoms with E-state index in [2.05, 4.69) is 55.6 Å². The molecule has 6 nitrogen and oxygen atoms in total. The van der Waals surface area contributed by atoms with Crippen molar-refractivity contribution in [1.29, 1.82) is 0 Å². The van der Waals surface area contributed by atoms with Gasteiger partial charge in [-0.1, -0.05) is 249 Å². The van der Waals surface area contributed by atoms with E-state index in [1.54, 1.807) is 6.08 Å². The molecule has 0 heterocycles. The number of hydrogen-bond acceptors (Lipinski definition) is 5. The van der Waals surface area contributed by atoms with Gasteiger partial charge in [-0.3, -0.25) is 9.59 Å². The lowest BCUT2D eigenvalue weighted by Crippen LogP contribution is -2.45. The van der Waals surface area contributed by atoms with E-state index in [0.717, 1.165) is 83.5 Å². The first kappa shape index (κ1) is 63.8. The minimum Gasteiger partial charge on any atom is -0.466 e. The second kappa shape index (κ2) is 55.4. The molecular weight excluding hydrogens is 815 g/mol. The van der Waals surface area contributed by atoms with E-state index in [9.17, 15) is 19.8 Å². The zero-order valence-corrected chi connectivity index (χ0v) is 43.9. The summed E-state index contributed by atoms with van der Waals surface area (Å²) < 4.78 is 5.44. The summed E-state index contributed by atoms with van der Waals surface area (Å²) >= 11 is 0. The lowest BCUT2D eigenvalue weighted by molar-refractivity contribution is -0.143. The number of unbranched alkanes of at least 4 members (excludes halogenated alkanes) is 36. The van der Waals surface area contributed by atoms with Gasteiger partial charge >= 0.3 is 5.97 Å². The Morgan fingerprint density at radius 3 is 1.23 bits per heavy atom. The molecule has 0 saturated heterocycles. The van der Waals surface area contributed by atoms with Gasteiger partial charge in [-0.2, -0.15) is 0 Å². The molecule has 0 radical (unpaired) electrons. The van der Waals surface area contributed by atoms with Crippen molar-refractivity contribution in [2.75, 3.05) is 13.2 Å². The number of amides is 1. The average Bonchev–Trinajstić information content (AvgIpc) is 3.32. The van der Waals surface area contributed by atoms with E-state index in [0.29, 0.717) is 19.4 Å². The lowest BCUT2D eigenvalue weighted by Gasteiger charge is -2.20. The fourth-order valence-electron chi connectivity index (χ4n) is 8.61. The molecule has 0 spiro atoms. The highest BCUT2D eigenvalue weighted by Crippen LogP contribution is 2.16. The van der Waals surface area contributed by atoms with Crippen molar-refractivity contribution < 1.29 is 24.5 Å². The van der Waals surface area contributed by atoms with Gasteiger partial charge in [0.2, 0.25) is 5.91 Å². The molecule has 0 aromatic heterocycles. The van der Waals surface area contributed by atoms with Crippen LogP contribution in [0.2, 0.25) is 0 Å². The third kappa shape index (κ3) is 51.2. The SMILES string of the molecule is CCC/C=C\C/C=C\CCCCCCCC(=O)OCCCCCC/C=C\CCCCCCCCCC(=O)NC(CO)C(O)/C=C/CCCCCCCCCCCCCCCCCCCCC. The second-order valence-corrected chi connectivity index (χ2v) is 19.6. The summed E-state index contributed by atoms with van der Waals surface area (Å²) in [6.45, 7) is 4.80. The van der Waals surface area contributed by atoms with E-state index in [1.165, 1.54) is 186 Å². The van der Waals surface area contributed by atoms with Crippen molar-refractivity contribution >= 4 is 11.9 Å². The third-order valence-electron chi connectivity index (χ3n) is 13.0. The molecule has 0 aromatic carbocycles. The Kier molecular flexibility index (Phi) is 53.6. The van der Waals surface area contributed by atoms with Gasteiger partial charge in [0.1, 0.15) is 0 Å². The second-order valence-electron chi connectivity index (χ2n) is 19.6. The molecule has 2 atom stereocenters. The van der Waals surface area contributed by atoms with Crippen LogP contribution in [0.1, 0.15) is 296 Å². The Balaban J connectivity index is 3.52. The molecule has 3 N–H and O–H groups in total. The van der Waals surface area contributed by atoms with Crippen molar-refractivity contribution in [3.8, 4) is 0 Å². The van der Waals surface area contributed by atoms with Crippen LogP contribution in [-0.4, -0.2) is 47.4 Å². The lowest BCUT2D eigenvalue weighted by atomic mass is 10.0. The standard InChI is InChI=1S/C60H111NO5/c1-3-5-7-9-11-13-15-17-18-19-20-21-22-23-25-29-32-36-40-44-48-52-58(63)57(56-62)61-59(64)53-49-45-41-37-33-30-26-24-27-31-35-39-43-47-51-55-66-60(65)54-50-46-42-38-34-28-16-14-12-10-8-6-4-2/h8,10,14,16,27,31,48,52,57-58,62-63H,3-7,9,11-13,15,17-26,28-30,32-47,49-51,53-56H2,1-2H3,(H,61,64)/b10-8-,16-14-,31-27-,52-48+. The van der Waals surface area contributed by atoms with Crippen molar-refractivity contribution in [3.63, 3.8) is 0 Å². The highest BCUT2D eigenvalue weighted by molar-refractivity contribution is 5.76. The molecule has 0 aliphatic rings. The number of allylic oxidation sites excluding steroid dienone is 7. The summed E-state index contributed by atoms with van der Waals surface area (Å²) in [5.74, 6) is -0.109. The van der Waals surface area contributed by atoms with Crippen LogP contribution in [0.15, 0.2) is 48.6 Å². The van der Waals surface area contributed by atoms with E-state index < -0.39 is 12.1 Å². The summed E-state index contributed by atoms with van der Waals surface area (Å²) in [5, 5.41) is 23.2. The molecule has 1 amide bonds. The Morgan fingerprint density at radius 1 is 0.424 bits per heavy atom. The van der Waals surface area contributed by atoms with Crippen molar-refractivity contribution in [2.24, 2.45) is 0 Å². The summed E-state index contributed by atoms with van der Waals surface area (Å²) in [5.41, 5.74) is 0. The molecule has 0 bridgehead atoms. The molecule has 0 fully saturated rings. The molecule has 6 heteroatoms. The molecule has 0 aliphatic heterocycles. The number of hydrogen-bond donors (Lipinski definition) is 3. The predicted octanol–water partition coefficient (Wildman–Crippen LogP) is 17.8. The smallest absolute Gasteiger partial charge is 0.305 e. The van der Waals surface area contributed by atoms with E-state index in [-0.39, 0.29) is 18.5 Å². The zero-order chi connectivity index (χ0) is 47.9. The number of nitrogens with one attached hydrogen (secondary N) is 1. The fourth-order valence-corrected chi connectivity index (χ4v) is 8.61. The van der Waals surface area contributed by atoms with Crippen LogP contribution in [-0.2, 0) is 14.3 Å². The maximum atomic E-state index is 12.5. The maximum absolute atomic E-state index is 12.5. The summed E-state index contributed by atoms with van der Waals surface area (Å²) in [4.78, 5) is 24.5. The van der Waals surface area contributed by atoms with E-state index in [4.69, 9.17) is 4.74 Å². The van der Waals surface area contributed by atoms with Gasteiger partial charge in [0.15, 0.2) is 0 Å². The van der Waals surface area contributed by atoms with Gasteiger partial charge in [-0.25, -0.2) is 0 Å². The fraction of sp³-hybridized carbons (Fsp3) is 0.833. The highest BCUT2D eigenvalue weighted by atomic mass is 16.5. The first-order valence-electron chi connectivity index (χ1n) is 28.9. The first-order chi connectivity index (χ1) is 32.5. The molecule has 66 heavy (non-hydrogen) atoms. The van der Waals surface area contributed by atoms with Crippen LogP contribution in [0.25, 0.3) is 0 Å². The van der Waals surface area contributed by atoms with Gasteiger partial charge in [0.25, 0.3) is 0 Å². The van der Waals surface area contributed by atoms with Gasteiger partial charge in [-0.15, -0.1) is 0 Å². The number of aliphatic hydroxyl groups excluding tert-OH is 2. The van der Waals surface area contributed by atoms with Crippen LogP contribution in [0.4, 0.5) is 0 Å². The van der Waals surface area contributed by atoms with Gasteiger partial charge in [0.05, 0.1) is 25.4 Å². The minimum atomic E-state index is -0.857. The Morgan fingerprint density at radius 2 is 0.788 bits per heavy atom. The van der Waals surface area contributed by atoms with Crippen LogP contribution in [0.3, 0.4) is 0 Å². The number of carbonyl (C=O) groups excluding carboxylic acids is 2. The molecule has 0 saturated carbocycles. The average molecular weight is 927 g/mol. The summed E-state index contributed by atoms with van der Waals surface area (Å²) in [6, 6.07) is -0.641. The molecular formula is C60H111NO5. The van der Waals surface area contributed by atoms with Crippen LogP contribution in [0.5, 0.6) is 0 Å². The van der Waals surface area contributed by atoms with Crippen molar-refractivity contribution in [2.45, 2.75) is 309 Å². The number of ether oxygens (including phenoxy) is 1. The third-order valence-corrected chi connectivity index (χ3v) is 13.0. The summed E-state index contributed by atoms with van der Waals surface area (Å²) in [7, 11) is 0. The van der Waals surface area contributed by atoms with Gasteiger partial charge < -0.3 is 20.3 Å². The number of aliphatic hydroxyl groups is 2. The first-order valence-corrected chi connectivity index (χ1v) is 28.9. The number of rotatable bonds is 53. The molecule has 0 rings (SSSR count). The van der Waals surface area contributed by atoms with Gasteiger partial charge in [-0.05, 0) is 83.5 Å². The predicted molar refractivity (Wildman–Crippen MR) is 287 cm³/mol. The monoisotopic (exact) mass is 926 g/mol. The molecule has 0 aliphatic carbocycles. The van der Waals surface area contributed by atoms with Crippen LogP contribution in [0, 0.1) is 0 Å². The quantitative estimate of drug-likeness (QED) is 0.0321. The number of carbonyl (C=O) groups is 2. The van der Waals surface area contributed by atoms with Crippen LogP contribution < -0.4 is 5.32 Å². The zero-order valence-electron chi connectivity index (χ0n) is 43.9. The normalized spacial score (nSPS) is 13.0. The Hall–Kier alpha value is -2.18. The molecule has 386 valence electrons. The maximum Gasteiger partial charge on any atom is 0.305 e. The molecule has 0 aromatic rings. The van der Waals surface area contributed by atoms with Gasteiger partial charge in [0, 0.05) is 12.8 Å². The van der Waals surface area contributed by atoms with Crippen LogP contribution >= 0.6 is 0 Å². The van der Waals surface area contributed by atoms with Crippen molar-refractivity contribution in [1.82, 2.24) is 5.32 Å². The highest BCUT2D eigenvalue weighted by Gasteiger charge is 2.18. The Labute approximate surface area is 410 Å². The topological polar surface area (TPSA) is 95.9 Å². The largest absolute Gasteiger partial charge is 0.466 e. The van der Waals surface area contributed by atoms with Crippen molar-refractivity contribution in [3.05, 3.63) is 48.6 Å².